The molecule has 2 aromatic carbocycles. The highest BCUT2D eigenvalue weighted by atomic mass is 14.9. The molecule has 3 aromatic rings. The fraction of sp³-hybridized carbons (Fsp3) is 0.333. The molecule has 0 spiro atoms. The molecule has 114 valence electrons. The number of benzene rings is 2. The number of aromatic nitrogens is 1. The van der Waals surface area contributed by atoms with E-state index in [2.05, 4.69) is 72.3 Å². The number of hydrogen-bond acceptors (Lipinski definition) is 0. The minimum atomic E-state index is 1.17. The van der Waals surface area contributed by atoms with Gasteiger partial charge in [0.1, 0.15) is 0 Å². The number of para-hydroxylation sites is 2. The van der Waals surface area contributed by atoms with Crippen molar-refractivity contribution in [3.8, 4) is 0 Å². The molecule has 1 aromatic heterocycles. The number of rotatable bonds is 7. The van der Waals surface area contributed by atoms with E-state index in [1.807, 2.05) is 0 Å². The van der Waals surface area contributed by atoms with Crippen LogP contribution in [0.4, 0.5) is 0 Å². The zero-order valence-corrected chi connectivity index (χ0v) is 13.5. The average Bonchev–Trinajstić information content (AvgIpc) is 2.89. The highest BCUT2D eigenvalue weighted by Gasteiger charge is 2.06. The molecule has 0 saturated heterocycles. The van der Waals surface area contributed by atoms with Crippen LogP contribution >= 0.6 is 0 Å². The van der Waals surface area contributed by atoms with Crippen molar-refractivity contribution < 1.29 is 0 Å². The predicted molar refractivity (Wildman–Crippen MR) is 98.2 cm³/mol. The van der Waals surface area contributed by atoms with Crippen LogP contribution in [0.5, 0.6) is 0 Å². The van der Waals surface area contributed by atoms with Crippen molar-refractivity contribution >= 4 is 28.0 Å². The lowest BCUT2D eigenvalue weighted by Gasteiger charge is -2.01. The van der Waals surface area contributed by atoms with Crippen molar-refractivity contribution in [1.29, 1.82) is 0 Å². The first-order valence-corrected chi connectivity index (χ1v) is 8.56. The standard InChI is InChI=1S/C21H25N/c1-2-3-4-5-6-7-12-17-22-20-15-10-8-13-18(20)19-14-9-11-16-21(19)22/h8-17H,2-7H2,1H3. The van der Waals surface area contributed by atoms with Gasteiger partial charge in [0.2, 0.25) is 0 Å². The van der Waals surface area contributed by atoms with Crippen LogP contribution in [-0.4, -0.2) is 4.57 Å². The smallest absolute Gasteiger partial charge is 0.0534 e. The summed E-state index contributed by atoms with van der Waals surface area (Å²) in [6.45, 7) is 2.27. The molecule has 1 nitrogen and oxygen atoms in total. The molecule has 1 heterocycles. The minimum absolute atomic E-state index is 1.17. The molecule has 0 fully saturated rings. The Morgan fingerprint density at radius 2 is 1.36 bits per heavy atom. The minimum Gasteiger partial charge on any atom is -0.316 e. The van der Waals surface area contributed by atoms with Crippen molar-refractivity contribution in [2.24, 2.45) is 0 Å². The van der Waals surface area contributed by atoms with Gasteiger partial charge >= 0.3 is 0 Å². The molecular formula is C21H25N. The van der Waals surface area contributed by atoms with Gasteiger partial charge in [-0.05, 0) is 25.0 Å². The Labute approximate surface area is 133 Å². The predicted octanol–water partition coefficient (Wildman–Crippen LogP) is 6.63. The number of hydrogen-bond donors (Lipinski definition) is 0. The monoisotopic (exact) mass is 291 g/mol. The third-order valence-corrected chi connectivity index (χ3v) is 4.35. The highest BCUT2D eigenvalue weighted by molar-refractivity contribution is 6.09. The Morgan fingerprint density at radius 1 is 0.773 bits per heavy atom. The molecule has 1 heteroatoms. The zero-order valence-electron chi connectivity index (χ0n) is 13.5. The molecule has 0 aliphatic heterocycles. The second kappa shape index (κ2) is 7.31. The fourth-order valence-corrected chi connectivity index (χ4v) is 3.16. The van der Waals surface area contributed by atoms with Crippen LogP contribution < -0.4 is 0 Å². The van der Waals surface area contributed by atoms with Gasteiger partial charge in [0, 0.05) is 17.0 Å². The van der Waals surface area contributed by atoms with Crippen LogP contribution in [0.2, 0.25) is 0 Å². The van der Waals surface area contributed by atoms with Crippen LogP contribution in [0, 0.1) is 0 Å². The van der Waals surface area contributed by atoms with Crippen LogP contribution in [0.3, 0.4) is 0 Å². The summed E-state index contributed by atoms with van der Waals surface area (Å²) in [7, 11) is 0. The van der Waals surface area contributed by atoms with Gasteiger partial charge in [-0.2, -0.15) is 0 Å². The van der Waals surface area contributed by atoms with E-state index < -0.39 is 0 Å². The van der Waals surface area contributed by atoms with Gasteiger partial charge in [0.25, 0.3) is 0 Å². The molecule has 0 atom stereocenters. The Kier molecular flexibility index (Phi) is 4.95. The van der Waals surface area contributed by atoms with Crippen LogP contribution in [-0.2, 0) is 0 Å². The molecule has 3 rings (SSSR count). The van der Waals surface area contributed by atoms with Gasteiger partial charge in [0.05, 0.1) is 11.0 Å². The lowest BCUT2D eigenvalue weighted by molar-refractivity contribution is 0.637. The molecule has 0 radical (unpaired) electrons. The van der Waals surface area contributed by atoms with Crippen molar-refractivity contribution in [3.63, 3.8) is 0 Å². The molecule has 0 aliphatic rings. The van der Waals surface area contributed by atoms with Gasteiger partial charge in [-0.25, -0.2) is 0 Å². The zero-order chi connectivity index (χ0) is 15.2. The Bertz CT molecular complexity index is 711. The summed E-state index contributed by atoms with van der Waals surface area (Å²) in [6.07, 6.45) is 12.5. The van der Waals surface area contributed by atoms with Crippen molar-refractivity contribution in [2.45, 2.75) is 45.4 Å². The number of fused-ring (bicyclic) bond motifs is 3. The number of nitrogens with zero attached hydrogens (tertiary/aromatic N) is 1. The summed E-state index contributed by atoms with van der Waals surface area (Å²) in [4.78, 5) is 0. The summed E-state index contributed by atoms with van der Waals surface area (Å²) in [6, 6.07) is 17.3. The first kappa shape index (κ1) is 14.9. The lowest BCUT2D eigenvalue weighted by atomic mass is 10.1. The quantitative estimate of drug-likeness (QED) is 0.431. The van der Waals surface area contributed by atoms with Gasteiger partial charge in [-0.15, -0.1) is 0 Å². The Morgan fingerprint density at radius 3 is 2.00 bits per heavy atom. The summed E-state index contributed by atoms with van der Waals surface area (Å²) < 4.78 is 2.33. The molecule has 0 bridgehead atoms. The summed E-state index contributed by atoms with van der Waals surface area (Å²) in [5.41, 5.74) is 2.59. The van der Waals surface area contributed by atoms with E-state index in [0.29, 0.717) is 0 Å². The van der Waals surface area contributed by atoms with E-state index >= 15 is 0 Å². The highest BCUT2D eigenvalue weighted by Crippen LogP contribution is 2.28. The van der Waals surface area contributed by atoms with E-state index in [9.17, 15) is 0 Å². The first-order valence-electron chi connectivity index (χ1n) is 8.56. The molecule has 22 heavy (non-hydrogen) atoms. The number of unbranched alkanes of at least 4 members (excludes halogenated alkanes) is 5. The van der Waals surface area contributed by atoms with E-state index in [-0.39, 0.29) is 0 Å². The maximum atomic E-state index is 2.33. The third kappa shape index (κ3) is 3.09. The molecule has 0 aliphatic carbocycles. The Hall–Kier alpha value is -2.02. The van der Waals surface area contributed by atoms with E-state index in [0.717, 1.165) is 0 Å². The SMILES string of the molecule is CCCCCCCC=Cn1c2ccccc2c2ccccc21. The van der Waals surface area contributed by atoms with E-state index in [1.165, 1.54) is 60.3 Å². The summed E-state index contributed by atoms with van der Waals surface area (Å²) in [5, 5.41) is 2.68. The largest absolute Gasteiger partial charge is 0.316 e. The normalized spacial score (nSPS) is 11.9. The Balaban J connectivity index is 1.80. The second-order valence-corrected chi connectivity index (χ2v) is 5.99. The average molecular weight is 291 g/mol. The first-order chi connectivity index (χ1) is 10.9. The summed E-state index contributed by atoms with van der Waals surface area (Å²) >= 11 is 0. The maximum absolute atomic E-state index is 2.33. The van der Waals surface area contributed by atoms with E-state index in [1.54, 1.807) is 0 Å². The third-order valence-electron chi connectivity index (χ3n) is 4.35. The van der Waals surface area contributed by atoms with Gasteiger partial charge in [-0.3, -0.25) is 0 Å². The van der Waals surface area contributed by atoms with Crippen LogP contribution in [0.25, 0.3) is 28.0 Å². The second-order valence-electron chi connectivity index (χ2n) is 5.99. The topological polar surface area (TPSA) is 4.93 Å². The van der Waals surface area contributed by atoms with Crippen LogP contribution in [0.1, 0.15) is 45.4 Å². The number of allylic oxidation sites excluding steroid dienone is 1. The summed E-state index contributed by atoms with van der Waals surface area (Å²) in [5.74, 6) is 0. The van der Waals surface area contributed by atoms with Crippen molar-refractivity contribution in [3.05, 3.63) is 54.6 Å². The van der Waals surface area contributed by atoms with Gasteiger partial charge in [0.15, 0.2) is 0 Å². The molecule has 0 unspecified atom stereocenters. The van der Waals surface area contributed by atoms with Crippen molar-refractivity contribution in [1.82, 2.24) is 4.57 Å². The maximum Gasteiger partial charge on any atom is 0.0534 e. The van der Waals surface area contributed by atoms with Gasteiger partial charge in [-0.1, -0.05) is 75.1 Å². The molecule has 0 N–H and O–H groups in total. The fourth-order valence-electron chi connectivity index (χ4n) is 3.16. The van der Waals surface area contributed by atoms with Crippen molar-refractivity contribution in [2.75, 3.05) is 0 Å². The molecule has 0 saturated carbocycles. The van der Waals surface area contributed by atoms with E-state index in [4.69, 9.17) is 0 Å². The molecular weight excluding hydrogens is 266 g/mol. The lowest BCUT2D eigenvalue weighted by Crippen LogP contribution is -1.85. The molecule has 0 amide bonds. The van der Waals surface area contributed by atoms with Crippen LogP contribution in [0.15, 0.2) is 54.6 Å². The van der Waals surface area contributed by atoms with Gasteiger partial charge < -0.3 is 4.57 Å².